The van der Waals surface area contributed by atoms with Crippen LogP contribution in [0.3, 0.4) is 0 Å². The fraction of sp³-hybridized carbons (Fsp3) is 0.909. The maximum Gasteiger partial charge on any atom is 0.303 e. The zero-order valence-corrected chi connectivity index (χ0v) is 9.82. The number of hydrogen-bond donors (Lipinski definition) is 2. The lowest BCUT2D eigenvalue weighted by molar-refractivity contribution is -0.137. The van der Waals surface area contributed by atoms with Crippen molar-refractivity contribution in [3.05, 3.63) is 0 Å². The van der Waals surface area contributed by atoms with Gasteiger partial charge in [0.1, 0.15) is 0 Å². The molecule has 0 aromatic rings. The molecule has 0 aromatic carbocycles. The van der Waals surface area contributed by atoms with Crippen LogP contribution in [0.4, 0.5) is 0 Å². The zero-order valence-electron chi connectivity index (χ0n) is 9.82. The van der Waals surface area contributed by atoms with Crippen LogP contribution in [0.15, 0.2) is 0 Å². The lowest BCUT2D eigenvalue weighted by Crippen LogP contribution is -2.09. The van der Waals surface area contributed by atoms with Crippen LogP contribution in [0, 0.1) is 0 Å². The van der Waals surface area contributed by atoms with Crippen molar-refractivity contribution >= 4 is 5.97 Å². The van der Waals surface area contributed by atoms with Crippen LogP contribution in [-0.4, -0.2) is 44.0 Å². The van der Waals surface area contributed by atoms with Crippen LogP contribution in [0.1, 0.15) is 32.1 Å². The van der Waals surface area contributed by atoms with Crippen molar-refractivity contribution in [3.63, 3.8) is 0 Å². The zero-order chi connectivity index (χ0) is 12.1. The van der Waals surface area contributed by atoms with Crippen LogP contribution in [0.2, 0.25) is 0 Å². The molecule has 96 valence electrons. The molecule has 0 aliphatic rings. The minimum Gasteiger partial charge on any atom is -0.481 e. The lowest BCUT2D eigenvalue weighted by atomic mass is 10.2. The fourth-order valence-corrected chi connectivity index (χ4v) is 1.16. The molecule has 0 heterocycles. The normalized spacial score (nSPS) is 10.6. The van der Waals surface area contributed by atoms with E-state index in [1.165, 1.54) is 0 Å². The molecule has 0 fully saturated rings. The SMILES string of the molecule is NCCCOCCOCCCCCC(=O)O. The van der Waals surface area contributed by atoms with Crippen molar-refractivity contribution < 1.29 is 19.4 Å². The molecular weight excluding hydrogens is 210 g/mol. The molecule has 0 saturated heterocycles. The molecule has 0 saturated carbocycles. The Morgan fingerprint density at radius 1 is 0.938 bits per heavy atom. The maximum absolute atomic E-state index is 10.2. The van der Waals surface area contributed by atoms with Crippen LogP contribution >= 0.6 is 0 Å². The first kappa shape index (κ1) is 15.3. The summed E-state index contributed by atoms with van der Waals surface area (Å²) in [5.41, 5.74) is 5.31. The van der Waals surface area contributed by atoms with Gasteiger partial charge in [-0.25, -0.2) is 0 Å². The second-order valence-electron chi connectivity index (χ2n) is 3.57. The minimum atomic E-state index is -0.728. The van der Waals surface area contributed by atoms with Crippen molar-refractivity contribution in [2.24, 2.45) is 5.73 Å². The Labute approximate surface area is 96.9 Å². The van der Waals surface area contributed by atoms with E-state index in [2.05, 4.69) is 0 Å². The van der Waals surface area contributed by atoms with Gasteiger partial charge in [0.25, 0.3) is 0 Å². The van der Waals surface area contributed by atoms with Crippen LogP contribution in [-0.2, 0) is 14.3 Å². The van der Waals surface area contributed by atoms with Gasteiger partial charge in [-0.05, 0) is 25.8 Å². The van der Waals surface area contributed by atoms with Crippen LogP contribution in [0.5, 0.6) is 0 Å². The number of carbonyl (C=O) groups is 1. The van der Waals surface area contributed by atoms with Gasteiger partial charge in [-0.1, -0.05) is 6.42 Å². The molecule has 0 unspecified atom stereocenters. The van der Waals surface area contributed by atoms with Gasteiger partial charge in [0, 0.05) is 19.6 Å². The van der Waals surface area contributed by atoms with Gasteiger partial charge in [0.2, 0.25) is 0 Å². The van der Waals surface area contributed by atoms with Crippen molar-refractivity contribution in [2.45, 2.75) is 32.1 Å². The summed E-state index contributed by atoms with van der Waals surface area (Å²) in [6.45, 7) is 3.24. The monoisotopic (exact) mass is 233 g/mol. The topological polar surface area (TPSA) is 81.8 Å². The summed E-state index contributed by atoms with van der Waals surface area (Å²) in [6, 6.07) is 0. The van der Waals surface area contributed by atoms with E-state index in [0.717, 1.165) is 25.7 Å². The van der Waals surface area contributed by atoms with E-state index in [1.54, 1.807) is 0 Å². The summed E-state index contributed by atoms with van der Waals surface area (Å²) in [5, 5.41) is 8.40. The van der Waals surface area contributed by atoms with Gasteiger partial charge in [-0.2, -0.15) is 0 Å². The first-order valence-electron chi connectivity index (χ1n) is 5.84. The standard InChI is InChI=1S/C11H23NO4/c12-6-4-8-16-10-9-15-7-3-1-2-5-11(13)14/h1-10,12H2,(H,13,14). The maximum atomic E-state index is 10.2. The van der Waals surface area contributed by atoms with Gasteiger partial charge in [-0.3, -0.25) is 4.79 Å². The van der Waals surface area contributed by atoms with E-state index >= 15 is 0 Å². The Morgan fingerprint density at radius 2 is 1.56 bits per heavy atom. The largest absolute Gasteiger partial charge is 0.481 e. The highest BCUT2D eigenvalue weighted by Gasteiger charge is 1.96. The minimum absolute atomic E-state index is 0.252. The van der Waals surface area contributed by atoms with E-state index in [1.807, 2.05) is 0 Å². The van der Waals surface area contributed by atoms with Gasteiger partial charge >= 0.3 is 5.97 Å². The van der Waals surface area contributed by atoms with E-state index in [-0.39, 0.29) is 6.42 Å². The molecule has 0 aromatic heterocycles. The Bertz CT molecular complexity index is 164. The van der Waals surface area contributed by atoms with Crippen molar-refractivity contribution in [1.82, 2.24) is 0 Å². The van der Waals surface area contributed by atoms with Crippen molar-refractivity contribution in [1.29, 1.82) is 0 Å². The van der Waals surface area contributed by atoms with Gasteiger partial charge in [0.15, 0.2) is 0 Å². The molecule has 0 aliphatic heterocycles. The average Bonchev–Trinajstić information content (AvgIpc) is 2.25. The molecule has 0 bridgehead atoms. The number of rotatable bonds is 12. The molecule has 0 amide bonds. The van der Waals surface area contributed by atoms with Crippen molar-refractivity contribution in [2.75, 3.05) is 33.0 Å². The van der Waals surface area contributed by atoms with E-state index < -0.39 is 5.97 Å². The number of hydrogen-bond acceptors (Lipinski definition) is 4. The molecule has 5 heteroatoms. The summed E-state index contributed by atoms with van der Waals surface area (Å²) in [7, 11) is 0. The Morgan fingerprint density at radius 3 is 2.12 bits per heavy atom. The highest BCUT2D eigenvalue weighted by atomic mass is 16.5. The van der Waals surface area contributed by atoms with Gasteiger partial charge < -0.3 is 20.3 Å². The number of aliphatic carboxylic acids is 1. The fourth-order valence-electron chi connectivity index (χ4n) is 1.16. The summed E-state index contributed by atoms with van der Waals surface area (Å²) in [4.78, 5) is 10.2. The summed E-state index contributed by atoms with van der Waals surface area (Å²) >= 11 is 0. The molecule has 5 nitrogen and oxygen atoms in total. The third-order valence-corrected chi connectivity index (χ3v) is 2.04. The van der Waals surface area contributed by atoms with Crippen LogP contribution in [0.25, 0.3) is 0 Å². The van der Waals surface area contributed by atoms with E-state index in [0.29, 0.717) is 33.0 Å². The smallest absolute Gasteiger partial charge is 0.303 e. The molecule has 0 radical (unpaired) electrons. The highest BCUT2D eigenvalue weighted by Crippen LogP contribution is 1.99. The number of ether oxygens (including phenoxy) is 2. The Kier molecular flexibility index (Phi) is 11.9. The Hall–Kier alpha value is -0.650. The van der Waals surface area contributed by atoms with E-state index in [9.17, 15) is 4.79 Å². The molecule has 16 heavy (non-hydrogen) atoms. The lowest BCUT2D eigenvalue weighted by Gasteiger charge is -2.04. The summed E-state index contributed by atoms with van der Waals surface area (Å²) < 4.78 is 10.6. The first-order valence-corrected chi connectivity index (χ1v) is 5.84. The summed E-state index contributed by atoms with van der Waals surface area (Å²) in [6.07, 6.45) is 3.68. The number of carboxylic acids is 1. The van der Waals surface area contributed by atoms with Crippen molar-refractivity contribution in [3.8, 4) is 0 Å². The van der Waals surface area contributed by atoms with Gasteiger partial charge in [0.05, 0.1) is 13.2 Å². The quantitative estimate of drug-likeness (QED) is 0.492. The number of unbranched alkanes of at least 4 members (excludes halogenated alkanes) is 2. The Balaban J connectivity index is 2.90. The molecule has 0 spiro atoms. The molecule has 0 aliphatic carbocycles. The van der Waals surface area contributed by atoms with E-state index in [4.69, 9.17) is 20.3 Å². The molecule has 0 atom stereocenters. The molecule has 0 rings (SSSR count). The molecule has 3 N–H and O–H groups in total. The number of nitrogens with two attached hydrogens (primary N) is 1. The second kappa shape index (κ2) is 12.4. The predicted octanol–water partition coefficient (Wildman–Crippen LogP) is 1.01. The second-order valence-corrected chi connectivity index (χ2v) is 3.57. The average molecular weight is 233 g/mol. The first-order chi connectivity index (χ1) is 7.77. The molecular formula is C11H23NO4. The number of carboxylic acid groups (broad SMARTS) is 1. The third kappa shape index (κ3) is 13.4. The van der Waals surface area contributed by atoms with Gasteiger partial charge in [-0.15, -0.1) is 0 Å². The third-order valence-electron chi connectivity index (χ3n) is 2.04. The predicted molar refractivity (Wildman–Crippen MR) is 61.4 cm³/mol. The van der Waals surface area contributed by atoms with Crippen LogP contribution < -0.4 is 5.73 Å². The summed E-state index contributed by atoms with van der Waals surface area (Å²) in [5.74, 6) is -0.728. The highest BCUT2D eigenvalue weighted by molar-refractivity contribution is 5.66.